The van der Waals surface area contributed by atoms with Crippen molar-refractivity contribution >= 4 is 80.9 Å². The molecule has 1 nitrogen and oxygen atoms in total. The number of hydrogen-bond donors (Lipinski definition) is 1. The van der Waals surface area contributed by atoms with Crippen LogP contribution in [-0.2, 0) is 11.2 Å². The van der Waals surface area contributed by atoms with E-state index in [9.17, 15) is 4.55 Å². The van der Waals surface area contributed by atoms with E-state index >= 15 is 0 Å². The molecular weight excluding hydrogens is 227 g/mol. The van der Waals surface area contributed by atoms with Crippen LogP contribution in [0, 0.1) is 0 Å². The van der Waals surface area contributed by atoms with Crippen molar-refractivity contribution in [2.45, 2.75) is 17.4 Å². The molecule has 0 aromatic carbocycles. The molecule has 2 unspecified atom stereocenters. The SMILES string of the molecule is [NaH].[O-][S+]1CCCC1SC(=S)S. The number of thiocarbonyl (C=S) groups is 1. The first-order chi connectivity index (χ1) is 4.70. The molecule has 1 saturated heterocycles. The predicted octanol–water partition coefficient (Wildman–Crippen LogP) is 1.15. The zero-order valence-corrected chi connectivity index (χ0v) is 8.62. The maximum Gasteiger partial charge on any atom is 0.166 e. The van der Waals surface area contributed by atoms with Crippen molar-refractivity contribution in [3.05, 3.63) is 0 Å². The Labute approximate surface area is 107 Å². The topological polar surface area (TPSA) is 23.1 Å². The van der Waals surface area contributed by atoms with E-state index in [2.05, 4.69) is 12.6 Å². The van der Waals surface area contributed by atoms with Crippen molar-refractivity contribution in [1.82, 2.24) is 0 Å². The summed E-state index contributed by atoms with van der Waals surface area (Å²) in [4.78, 5) is 0. The van der Waals surface area contributed by atoms with Gasteiger partial charge in [0.1, 0.15) is 9.28 Å². The first kappa shape index (κ1) is 13.1. The van der Waals surface area contributed by atoms with Gasteiger partial charge in [-0.05, 0) is 17.6 Å². The Morgan fingerprint density at radius 1 is 1.73 bits per heavy atom. The summed E-state index contributed by atoms with van der Waals surface area (Å²) in [5, 5.41) is 0. The molecule has 0 amide bonds. The van der Waals surface area contributed by atoms with Crippen LogP contribution in [-0.4, -0.2) is 48.0 Å². The van der Waals surface area contributed by atoms with Crippen molar-refractivity contribution in [2.24, 2.45) is 0 Å². The van der Waals surface area contributed by atoms with E-state index in [-0.39, 0.29) is 34.1 Å². The van der Waals surface area contributed by atoms with Gasteiger partial charge < -0.3 is 4.55 Å². The van der Waals surface area contributed by atoms with E-state index in [1.165, 1.54) is 11.8 Å². The van der Waals surface area contributed by atoms with E-state index in [4.69, 9.17) is 12.2 Å². The Kier molecular flexibility index (Phi) is 7.79. The molecule has 1 fully saturated rings. The van der Waals surface area contributed by atoms with Crippen molar-refractivity contribution in [1.29, 1.82) is 0 Å². The Balaban J connectivity index is 0.000001000. The third-order valence-corrected chi connectivity index (χ3v) is 5.06. The molecule has 1 aliphatic rings. The van der Waals surface area contributed by atoms with Gasteiger partial charge in [-0.3, -0.25) is 0 Å². The van der Waals surface area contributed by atoms with Crippen LogP contribution in [0.4, 0.5) is 0 Å². The summed E-state index contributed by atoms with van der Waals surface area (Å²) in [6.45, 7) is 0. The number of hydrogen-bond acceptors (Lipinski definition) is 3. The van der Waals surface area contributed by atoms with E-state index in [1.54, 1.807) is 0 Å². The van der Waals surface area contributed by atoms with Crippen LogP contribution in [0.5, 0.6) is 0 Å². The van der Waals surface area contributed by atoms with Gasteiger partial charge in [0.25, 0.3) is 0 Å². The molecule has 0 spiro atoms. The number of thiol groups is 1. The molecule has 6 heteroatoms. The summed E-state index contributed by atoms with van der Waals surface area (Å²) in [7, 11) is 0. The van der Waals surface area contributed by atoms with Gasteiger partial charge in [0, 0.05) is 6.42 Å². The third-order valence-electron chi connectivity index (χ3n) is 1.31. The largest absolute Gasteiger partial charge is 0.615 e. The van der Waals surface area contributed by atoms with E-state index < -0.39 is 11.2 Å². The van der Waals surface area contributed by atoms with Crippen molar-refractivity contribution in [3.8, 4) is 0 Å². The first-order valence-electron chi connectivity index (χ1n) is 2.97. The summed E-state index contributed by atoms with van der Waals surface area (Å²) in [5.74, 6) is 0.841. The quantitative estimate of drug-likeness (QED) is 0.320. The van der Waals surface area contributed by atoms with Crippen LogP contribution >= 0.6 is 36.6 Å². The van der Waals surface area contributed by atoms with E-state index in [0.717, 1.165) is 18.6 Å². The van der Waals surface area contributed by atoms with Gasteiger partial charge in [0.05, 0.1) is 0 Å². The first-order valence-corrected chi connectivity index (χ1v) is 6.08. The smallest absolute Gasteiger partial charge is 0.166 e. The Bertz CT molecular complexity index is 142. The molecule has 0 radical (unpaired) electrons. The van der Waals surface area contributed by atoms with E-state index in [0.29, 0.717) is 3.53 Å². The standard InChI is InChI=1S/C5H8OS4.Na.H/c6-10-3-1-2-4(10)9-5(7)8;;/h4H,1-3H2,(H,7,8);;. The van der Waals surface area contributed by atoms with Crippen molar-refractivity contribution in [2.75, 3.05) is 5.75 Å². The summed E-state index contributed by atoms with van der Waals surface area (Å²) in [6, 6.07) is 0. The van der Waals surface area contributed by atoms with Crippen molar-refractivity contribution < 1.29 is 4.55 Å². The van der Waals surface area contributed by atoms with Crippen LogP contribution in [0.1, 0.15) is 12.8 Å². The van der Waals surface area contributed by atoms with Gasteiger partial charge in [0.2, 0.25) is 0 Å². The summed E-state index contributed by atoms with van der Waals surface area (Å²) >= 11 is 9.56. The maximum atomic E-state index is 11.1. The fraction of sp³-hybridized carbons (Fsp3) is 0.800. The molecule has 60 valence electrons. The normalized spacial score (nSPS) is 29.6. The third kappa shape index (κ3) is 4.76. The minimum atomic E-state index is -0.655. The van der Waals surface area contributed by atoms with Crippen LogP contribution in [0.25, 0.3) is 0 Å². The number of thioether (sulfide) groups is 1. The Morgan fingerprint density at radius 3 is 2.73 bits per heavy atom. The second kappa shape index (κ2) is 6.54. The van der Waals surface area contributed by atoms with Gasteiger partial charge in [-0.25, -0.2) is 0 Å². The van der Waals surface area contributed by atoms with Gasteiger partial charge >= 0.3 is 29.6 Å². The Morgan fingerprint density at radius 2 is 2.36 bits per heavy atom. The molecule has 0 aromatic heterocycles. The average molecular weight is 236 g/mol. The van der Waals surface area contributed by atoms with Gasteiger partial charge in [-0.2, -0.15) is 0 Å². The molecule has 0 aromatic rings. The zero-order valence-electron chi connectivity index (χ0n) is 5.28. The van der Waals surface area contributed by atoms with Gasteiger partial charge in [0.15, 0.2) is 4.58 Å². The molecule has 0 bridgehead atoms. The van der Waals surface area contributed by atoms with Crippen LogP contribution < -0.4 is 0 Å². The maximum absolute atomic E-state index is 11.1. The molecule has 1 aliphatic heterocycles. The molecule has 11 heavy (non-hydrogen) atoms. The van der Waals surface area contributed by atoms with Gasteiger partial charge in [-0.15, -0.1) is 12.6 Å². The molecule has 1 rings (SSSR count). The zero-order chi connectivity index (χ0) is 7.56. The molecule has 0 saturated carbocycles. The van der Waals surface area contributed by atoms with Crippen LogP contribution in [0.15, 0.2) is 0 Å². The molecule has 2 atom stereocenters. The van der Waals surface area contributed by atoms with Crippen LogP contribution in [0.2, 0.25) is 0 Å². The monoisotopic (exact) mass is 236 g/mol. The minimum Gasteiger partial charge on any atom is -0.615 e. The minimum absolute atomic E-state index is 0. The number of rotatable bonds is 1. The van der Waals surface area contributed by atoms with Crippen molar-refractivity contribution in [3.63, 3.8) is 0 Å². The molecule has 0 N–H and O–H groups in total. The fourth-order valence-electron chi connectivity index (χ4n) is 0.880. The summed E-state index contributed by atoms with van der Waals surface area (Å²) < 4.78 is 11.9. The second-order valence-electron chi connectivity index (χ2n) is 2.04. The van der Waals surface area contributed by atoms with Crippen LogP contribution in [0.3, 0.4) is 0 Å². The van der Waals surface area contributed by atoms with Gasteiger partial charge in [-0.1, -0.05) is 24.0 Å². The summed E-state index contributed by atoms with van der Waals surface area (Å²) in [6.07, 6.45) is 2.10. The summed E-state index contributed by atoms with van der Waals surface area (Å²) in [5.41, 5.74) is 0. The average Bonchev–Trinajstić information content (AvgIpc) is 2.15. The molecular formula is C5H9NaOS4. The second-order valence-corrected chi connectivity index (χ2v) is 7.01. The molecule has 0 aliphatic carbocycles. The Hall–Kier alpha value is 2.10. The fourth-order valence-corrected chi connectivity index (χ4v) is 4.67. The molecule has 1 heterocycles. The predicted molar refractivity (Wildman–Crippen MR) is 62.4 cm³/mol. The van der Waals surface area contributed by atoms with E-state index in [1.807, 2.05) is 0 Å².